The van der Waals surface area contributed by atoms with E-state index in [1.165, 1.54) is 15.6 Å². The average molecular weight is 336 g/mol. The van der Waals surface area contributed by atoms with Gasteiger partial charge in [-0.2, -0.15) is 0 Å². The third kappa shape index (κ3) is 2.89. The zero-order valence-electron chi connectivity index (χ0n) is 13.5. The number of carbonyl (C=O) groups is 2. The number of likely N-dealkylation sites (tertiary alicyclic amines) is 1. The summed E-state index contributed by atoms with van der Waals surface area (Å²) in [6.07, 6.45) is -0.416. The van der Waals surface area contributed by atoms with Crippen molar-refractivity contribution >= 4 is 23.1 Å². The number of ether oxygens (including phenoxy) is 1. The van der Waals surface area contributed by atoms with E-state index in [-0.39, 0.29) is 11.6 Å². The van der Waals surface area contributed by atoms with Gasteiger partial charge in [-0.3, -0.25) is 0 Å². The summed E-state index contributed by atoms with van der Waals surface area (Å²) in [6.45, 7) is 6.10. The second-order valence-corrected chi connectivity index (χ2v) is 6.70. The van der Waals surface area contributed by atoms with Gasteiger partial charge in [0, 0.05) is 19.2 Å². The van der Waals surface area contributed by atoms with E-state index in [0.29, 0.717) is 18.6 Å². The Morgan fingerprint density at radius 3 is 2.58 bits per heavy atom. The number of aromatic carboxylic acids is 1. The molecule has 0 spiro atoms. The molecule has 3 rings (SSSR count). The van der Waals surface area contributed by atoms with Crippen LogP contribution in [-0.2, 0) is 4.74 Å². The van der Waals surface area contributed by atoms with Crippen LogP contribution >= 0.6 is 0 Å². The van der Waals surface area contributed by atoms with Gasteiger partial charge in [0.15, 0.2) is 0 Å². The number of nitrogens with zero attached hydrogens (tertiary/aromatic N) is 4. The highest BCUT2D eigenvalue weighted by atomic mass is 19.1. The van der Waals surface area contributed by atoms with Gasteiger partial charge in [-0.1, -0.05) is 5.21 Å². The van der Waals surface area contributed by atoms with Crippen molar-refractivity contribution in [2.24, 2.45) is 0 Å². The van der Waals surface area contributed by atoms with Gasteiger partial charge in [0.25, 0.3) is 0 Å². The van der Waals surface area contributed by atoms with Crippen molar-refractivity contribution < 1.29 is 23.8 Å². The predicted octanol–water partition coefficient (Wildman–Crippen LogP) is 2.06. The Hall–Kier alpha value is -2.71. The van der Waals surface area contributed by atoms with E-state index >= 15 is 0 Å². The summed E-state index contributed by atoms with van der Waals surface area (Å²) in [4.78, 5) is 24.5. The number of carbonyl (C=O) groups excluding carboxylic acids is 1. The molecule has 2 aromatic rings. The molecule has 1 fully saturated rings. The Morgan fingerprint density at radius 1 is 1.33 bits per heavy atom. The lowest BCUT2D eigenvalue weighted by Crippen LogP contribution is -2.52. The molecule has 2 heterocycles. The Morgan fingerprint density at radius 2 is 2.00 bits per heavy atom. The Kier molecular flexibility index (Phi) is 3.66. The van der Waals surface area contributed by atoms with Gasteiger partial charge >= 0.3 is 12.1 Å². The van der Waals surface area contributed by atoms with Gasteiger partial charge in [-0.05, 0) is 26.8 Å². The summed E-state index contributed by atoms with van der Waals surface area (Å²) >= 11 is 0. The largest absolute Gasteiger partial charge is 0.478 e. The standard InChI is InChI=1S/C15H17FN4O4/c1-15(2,3)24-14(23)19-6-8(7-19)20-12-4-9(13(21)22)10(16)5-11(12)17-18-20/h4-5,8H,6-7H2,1-3H3,(H,21,22). The Labute approximate surface area is 136 Å². The van der Waals surface area contributed by atoms with Crippen molar-refractivity contribution in [2.45, 2.75) is 32.4 Å². The van der Waals surface area contributed by atoms with E-state index in [9.17, 15) is 14.0 Å². The molecule has 0 radical (unpaired) electrons. The fourth-order valence-corrected chi connectivity index (χ4v) is 2.48. The molecular formula is C15H17FN4O4. The van der Waals surface area contributed by atoms with Crippen molar-refractivity contribution in [3.63, 3.8) is 0 Å². The van der Waals surface area contributed by atoms with Gasteiger partial charge in [-0.25, -0.2) is 18.7 Å². The van der Waals surface area contributed by atoms with Crippen LogP contribution in [-0.4, -0.2) is 55.8 Å². The Balaban J connectivity index is 1.79. The highest BCUT2D eigenvalue weighted by Gasteiger charge is 2.36. The molecule has 0 aliphatic carbocycles. The van der Waals surface area contributed by atoms with Gasteiger partial charge < -0.3 is 14.7 Å². The molecule has 1 N–H and O–H groups in total. The van der Waals surface area contributed by atoms with Crippen LogP contribution in [0.4, 0.5) is 9.18 Å². The number of halogens is 1. The number of amides is 1. The summed E-state index contributed by atoms with van der Waals surface area (Å²) in [7, 11) is 0. The number of hydrogen-bond acceptors (Lipinski definition) is 5. The van der Waals surface area contributed by atoms with E-state index < -0.39 is 29.0 Å². The summed E-state index contributed by atoms with van der Waals surface area (Å²) in [6, 6.07) is 2.10. The summed E-state index contributed by atoms with van der Waals surface area (Å²) in [5.41, 5.74) is -0.319. The van der Waals surface area contributed by atoms with Crippen molar-refractivity contribution in [1.82, 2.24) is 19.9 Å². The van der Waals surface area contributed by atoms with Crippen molar-refractivity contribution in [3.8, 4) is 0 Å². The van der Waals surface area contributed by atoms with Gasteiger partial charge in [0.1, 0.15) is 16.9 Å². The topological polar surface area (TPSA) is 97.5 Å². The minimum absolute atomic E-state index is 0.158. The second kappa shape index (κ2) is 5.43. The maximum atomic E-state index is 13.7. The highest BCUT2D eigenvalue weighted by Crippen LogP contribution is 2.27. The van der Waals surface area contributed by atoms with Crippen molar-refractivity contribution in [3.05, 3.63) is 23.5 Å². The lowest BCUT2D eigenvalue weighted by atomic mass is 10.1. The third-order valence-corrected chi connectivity index (χ3v) is 3.65. The monoisotopic (exact) mass is 336 g/mol. The van der Waals surface area contributed by atoms with Crippen LogP contribution in [0.25, 0.3) is 11.0 Å². The predicted molar refractivity (Wildman–Crippen MR) is 81.3 cm³/mol. The van der Waals surface area contributed by atoms with Crippen LogP contribution in [0.1, 0.15) is 37.2 Å². The molecule has 1 saturated heterocycles. The van der Waals surface area contributed by atoms with Crippen LogP contribution in [0, 0.1) is 5.82 Å². The molecule has 9 heteroatoms. The van der Waals surface area contributed by atoms with Crippen molar-refractivity contribution in [2.75, 3.05) is 13.1 Å². The third-order valence-electron chi connectivity index (χ3n) is 3.65. The number of fused-ring (bicyclic) bond motifs is 1. The summed E-state index contributed by atoms with van der Waals surface area (Å²) in [5, 5.41) is 16.8. The first-order chi connectivity index (χ1) is 11.2. The number of carboxylic acids is 1. The highest BCUT2D eigenvalue weighted by molar-refractivity contribution is 5.92. The zero-order chi connectivity index (χ0) is 17.6. The molecule has 1 aromatic carbocycles. The van der Waals surface area contributed by atoms with Crippen LogP contribution in [0.2, 0.25) is 0 Å². The fraction of sp³-hybridized carbons (Fsp3) is 0.467. The average Bonchev–Trinajstić information content (AvgIpc) is 2.76. The first kappa shape index (κ1) is 16.2. The van der Waals surface area contributed by atoms with E-state index in [0.717, 1.165) is 6.07 Å². The maximum absolute atomic E-state index is 13.7. The van der Waals surface area contributed by atoms with Crippen LogP contribution in [0.3, 0.4) is 0 Å². The lowest BCUT2D eigenvalue weighted by Gasteiger charge is -2.39. The quantitative estimate of drug-likeness (QED) is 0.901. The molecule has 1 amide bonds. The maximum Gasteiger partial charge on any atom is 0.410 e. The summed E-state index contributed by atoms with van der Waals surface area (Å²) < 4.78 is 20.5. The number of rotatable bonds is 2. The molecule has 0 saturated carbocycles. The summed E-state index contributed by atoms with van der Waals surface area (Å²) in [5.74, 6) is -2.21. The molecule has 1 aromatic heterocycles. The van der Waals surface area contributed by atoms with Crippen LogP contribution < -0.4 is 0 Å². The fourth-order valence-electron chi connectivity index (χ4n) is 2.48. The number of benzene rings is 1. The molecule has 24 heavy (non-hydrogen) atoms. The van der Waals surface area contributed by atoms with Gasteiger partial charge in [0.2, 0.25) is 0 Å². The molecular weight excluding hydrogens is 319 g/mol. The minimum atomic E-state index is -1.36. The van der Waals surface area contributed by atoms with E-state index in [1.54, 1.807) is 20.8 Å². The molecule has 1 aliphatic heterocycles. The number of hydrogen-bond donors (Lipinski definition) is 1. The normalized spacial score (nSPS) is 15.4. The number of carboxylic acid groups (broad SMARTS) is 1. The SMILES string of the molecule is CC(C)(C)OC(=O)N1CC(n2nnc3cc(F)c(C(=O)O)cc32)C1. The molecule has 0 unspecified atom stereocenters. The zero-order valence-corrected chi connectivity index (χ0v) is 13.5. The van der Waals surface area contributed by atoms with Gasteiger partial charge in [0.05, 0.1) is 17.1 Å². The van der Waals surface area contributed by atoms with E-state index in [1.807, 2.05) is 0 Å². The smallest absolute Gasteiger partial charge is 0.410 e. The number of aromatic nitrogens is 3. The second-order valence-electron chi connectivity index (χ2n) is 6.70. The first-order valence-electron chi connectivity index (χ1n) is 7.41. The molecule has 128 valence electrons. The van der Waals surface area contributed by atoms with E-state index in [2.05, 4.69) is 10.3 Å². The molecule has 0 bridgehead atoms. The van der Waals surface area contributed by atoms with Crippen molar-refractivity contribution in [1.29, 1.82) is 0 Å². The Bertz CT molecular complexity index is 821. The molecule has 8 nitrogen and oxygen atoms in total. The van der Waals surface area contributed by atoms with Crippen LogP contribution in [0.5, 0.6) is 0 Å². The van der Waals surface area contributed by atoms with Gasteiger partial charge in [-0.15, -0.1) is 5.10 Å². The minimum Gasteiger partial charge on any atom is -0.478 e. The molecule has 1 aliphatic rings. The lowest BCUT2D eigenvalue weighted by molar-refractivity contribution is -0.0000784. The van der Waals surface area contributed by atoms with E-state index in [4.69, 9.17) is 9.84 Å². The molecule has 0 atom stereocenters. The first-order valence-corrected chi connectivity index (χ1v) is 7.41. The van der Waals surface area contributed by atoms with Crippen LogP contribution in [0.15, 0.2) is 12.1 Å².